The monoisotopic (exact) mass is 453 g/mol. The van der Waals surface area contributed by atoms with Crippen LogP contribution >= 0.6 is 0 Å². The Kier molecular flexibility index (Phi) is 5.57. The molecule has 3 N–H and O–H groups in total. The minimum absolute atomic E-state index is 0.104. The quantitative estimate of drug-likeness (QED) is 0.324. The van der Waals surface area contributed by atoms with Gasteiger partial charge in [0, 0.05) is 35.6 Å². The molecule has 168 valence electrons. The van der Waals surface area contributed by atoms with E-state index < -0.39 is 11.8 Å². The van der Waals surface area contributed by atoms with E-state index in [9.17, 15) is 9.18 Å². The average Bonchev–Trinajstić information content (AvgIpc) is 3.27. The number of aryl methyl sites for hydroxylation is 1. The Balaban J connectivity index is 1.34. The molecule has 0 unspecified atom stereocenters. The third-order valence-corrected chi connectivity index (χ3v) is 5.18. The highest BCUT2D eigenvalue weighted by Crippen LogP contribution is 2.28. The summed E-state index contributed by atoms with van der Waals surface area (Å²) in [6.45, 7) is 0. The SMILES string of the molecule is Cn1cc(-c2ccc3c(Nc4cccc(NC(=O)Nc5ccccc5F)c4)ncnc3c2)cn1. The lowest BCUT2D eigenvalue weighted by molar-refractivity contribution is 0.262. The molecule has 0 atom stereocenters. The highest BCUT2D eigenvalue weighted by molar-refractivity contribution is 6.00. The topological polar surface area (TPSA) is 96.8 Å². The lowest BCUT2D eigenvalue weighted by atomic mass is 10.1. The number of halogens is 1. The Morgan fingerprint density at radius 1 is 0.912 bits per heavy atom. The number of carbonyl (C=O) groups is 1. The molecule has 0 aliphatic carbocycles. The molecule has 0 spiro atoms. The number of nitrogens with one attached hydrogen (secondary N) is 3. The van der Waals surface area contributed by atoms with Crippen LogP contribution in [0, 0.1) is 5.82 Å². The van der Waals surface area contributed by atoms with Crippen LogP contribution in [0.2, 0.25) is 0 Å². The zero-order chi connectivity index (χ0) is 23.5. The van der Waals surface area contributed by atoms with E-state index >= 15 is 0 Å². The Bertz CT molecular complexity index is 1500. The summed E-state index contributed by atoms with van der Waals surface area (Å²) in [5.74, 6) is 0.131. The first-order valence-electron chi connectivity index (χ1n) is 10.5. The highest BCUT2D eigenvalue weighted by Gasteiger charge is 2.09. The van der Waals surface area contributed by atoms with Crippen LogP contribution < -0.4 is 16.0 Å². The molecule has 2 aromatic heterocycles. The van der Waals surface area contributed by atoms with Crippen molar-refractivity contribution in [3.05, 3.63) is 91.3 Å². The molecule has 5 rings (SSSR count). The van der Waals surface area contributed by atoms with Crippen LogP contribution in [0.15, 0.2) is 85.5 Å². The van der Waals surface area contributed by atoms with E-state index in [0.717, 1.165) is 27.7 Å². The van der Waals surface area contributed by atoms with Gasteiger partial charge in [-0.3, -0.25) is 4.68 Å². The maximum atomic E-state index is 13.8. The summed E-state index contributed by atoms with van der Waals surface area (Å²) >= 11 is 0. The number of hydrogen-bond acceptors (Lipinski definition) is 5. The van der Waals surface area contributed by atoms with Gasteiger partial charge in [-0.2, -0.15) is 5.10 Å². The number of aromatic nitrogens is 4. The molecule has 0 radical (unpaired) electrons. The van der Waals surface area contributed by atoms with Gasteiger partial charge in [-0.25, -0.2) is 19.2 Å². The lowest BCUT2D eigenvalue weighted by Crippen LogP contribution is -2.20. The molecule has 2 amide bonds. The van der Waals surface area contributed by atoms with E-state index in [0.29, 0.717) is 11.5 Å². The van der Waals surface area contributed by atoms with Crippen LogP contribution in [-0.4, -0.2) is 25.8 Å². The second-order valence-electron chi connectivity index (χ2n) is 7.62. The predicted molar refractivity (Wildman–Crippen MR) is 131 cm³/mol. The third-order valence-electron chi connectivity index (χ3n) is 5.18. The van der Waals surface area contributed by atoms with Crippen LogP contribution in [0.5, 0.6) is 0 Å². The summed E-state index contributed by atoms with van der Waals surface area (Å²) in [6.07, 6.45) is 5.26. The number of carbonyl (C=O) groups excluding carboxylic acids is 1. The van der Waals surface area contributed by atoms with Crippen LogP contribution in [0.1, 0.15) is 0 Å². The summed E-state index contributed by atoms with van der Waals surface area (Å²) in [4.78, 5) is 21.1. The van der Waals surface area contributed by atoms with Crippen molar-refractivity contribution in [3.63, 3.8) is 0 Å². The molecule has 3 aromatic carbocycles. The maximum absolute atomic E-state index is 13.8. The molecule has 0 saturated carbocycles. The smallest absolute Gasteiger partial charge is 0.323 e. The normalized spacial score (nSPS) is 10.8. The Morgan fingerprint density at radius 2 is 1.76 bits per heavy atom. The second kappa shape index (κ2) is 8.99. The van der Waals surface area contributed by atoms with Gasteiger partial charge in [0.25, 0.3) is 0 Å². The summed E-state index contributed by atoms with van der Waals surface area (Å²) in [6, 6.07) is 18.6. The summed E-state index contributed by atoms with van der Waals surface area (Å²) in [7, 11) is 1.88. The van der Waals surface area contributed by atoms with Crippen LogP contribution in [0.3, 0.4) is 0 Å². The fraction of sp³-hybridized carbons (Fsp3) is 0.0400. The first kappa shape index (κ1) is 21.1. The van der Waals surface area contributed by atoms with Gasteiger partial charge in [-0.05, 0) is 48.0 Å². The summed E-state index contributed by atoms with van der Waals surface area (Å²) < 4.78 is 15.5. The van der Waals surface area contributed by atoms with Crippen molar-refractivity contribution < 1.29 is 9.18 Å². The number of para-hydroxylation sites is 1. The van der Waals surface area contributed by atoms with Gasteiger partial charge in [-0.1, -0.05) is 24.3 Å². The molecule has 9 heteroatoms. The molecular formula is C25H20FN7O. The first-order valence-corrected chi connectivity index (χ1v) is 10.5. The Morgan fingerprint density at radius 3 is 2.59 bits per heavy atom. The lowest BCUT2D eigenvalue weighted by Gasteiger charge is -2.12. The largest absolute Gasteiger partial charge is 0.340 e. The van der Waals surface area contributed by atoms with Gasteiger partial charge in [0.05, 0.1) is 17.4 Å². The number of benzene rings is 3. The molecule has 8 nitrogen and oxygen atoms in total. The standard InChI is InChI=1S/C25H20FN7O/c1-33-14-17(13-29-33)16-9-10-20-23(11-16)27-15-28-24(20)30-18-5-4-6-19(12-18)31-25(34)32-22-8-3-2-7-21(22)26/h2-15H,1H3,(H,27,28,30)(H2,31,32,34). The maximum Gasteiger partial charge on any atom is 0.323 e. The van der Waals surface area contributed by atoms with E-state index in [-0.39, 0.29) is 5.69 Å². The summed E-state index contributed by atoms with van der Waals surface area (Å²) in [5, 5.41) is 13.6. The van der Waals surface area contributed by atoms with Crippen molar-refractivity contribution in [1.82, 2.24) is 19.7 Å². The van der Waals surface area contributed by atoms with Gasteiger partial charge in [0.15, 0.2) is 0 Å². The van der Waals surface area contributed by atoms with Gasteiger partial charge in [0.2, 0.25) is 0 Å². The fourth-order valence-electron chi connectivity index (χ4n) is 3.57. The second-order valence-corrected chi connectivity index (χ2v) is 7.62. The van der Waals surface area contributed by atoms with Crippen molar-refractivity contribution in [2.45, 2.75) is 0 Å². The van der Waals surface area contributed by atoms with Crippen LogP contribution in [0.4, 0.5) is 32.1 Å². The molecule has 0 aliphatic heterocycles. The number of nitrogens with zero attached hydrogens (tertiary/aromatic N) is 4. The third kappa shape index (κ3) is 4.53. The number of fused-ring (bicyclic) bond motifs is 1. The van der Waals surface area contributed by atoms with Crippen molar-refractivity contribution in [2.75, 3.05) is 16.0 Å². The zero-order valence-corrected chi connectivity index (χ0v) is 18.2. The molecule has 34 heavy (non-hydrogen) atoms. The molecule has 0 bridgehead atoms. The Hall–Kier alpha value is -4.79. The van der Waals surface area contributed by atoms with Crippen molar-refractivity contribution >= 4 is 39.8 Å². The highest BCUT2D eigenvalue weighted by atomic mass is 19.1. The number of hydrogen-bond donors (Lipinski definition) is 3. The van der Waals surface area contributed by atoms with E-state index in [1.807, 2.05) is 43.7 Å². The molecule has 0 aliphatic rings. The van der Waals surface area contributed by atoms with E-state index in [1.54, 1.807) is 35.0 Å². The van der Waals surface area contributed by atoms with E-state index in [2.05, 4.69) is 31.0 Å². The average molecular weight is 453 g/mol. The minimum atomic E-state index is -0.544. The number of urea groups is 1. The minimum Gasteiger partial charge on any atom is -0.340 e. The van der Waals surface area contributed by atoms with Crippen molar-refractivity contribution in [2.24, 2.45) is 7.05 Å². The molecule has 0 saturated heterocycles. The van der Waals surface area contributed by atoms with Gasteiger partial charge in [-0.15, -0.1) is 0 Å². The number of amides is 2. The summed E-state index contributed by atoms with van der Waals surface area (Å²) in [5.41, 5.74) is 4.17. The molecule has 2 heterocycles. The van der Waals surface area contributed by atoms with Crippen LogP contribution in [-0.2, 0) is 7.05 Å². The van der Waals surface area contributed by atoms with Gasteiger partial charge in [0.1, 0.15) is 18.0 Å². The first-order chi connectivity index (χ1) is 16.5. The number of rotatable bonds is 5. The van der Waals surface area contributed by atoms with Crippen LogP contribution in [0.25, 0.3) is 22.0 Å². The van der Waals surface area contributed by atoms with E-state index in [4.69, 9.17) is 0 Å². The van der Waals surface area contributed by atoms with Gasteiger partial charge >= 0.3 is 6.03 Å². The fourth-order valence-corrected chi connectivity index (χ4v) is 3.57. The predicted octanol–water partition coefficient (Wildman–Crippen LogP) is 5.56. The Labute approximate surface area is 194 Å². The van der Waals surface area contributed by atoms with E-state index in [1.165, 1.54) is 18.5 Å². The zero-order valence-electron chi connectivity index (χ0n) is 18.2. The van der Waals surface area contributed by atoms with Crippen molar-refractivity contribution in [3.8, 4) is 11.1 Å². The number of anilines is 4. The van der Waals surface area contributed by atoms with Gasteiger partial charge < -0.3 is 16.0 Å². The molecular weight excluding hydrogens is 433 g/mol. The molecule has 0 fully saturated rings. The van der Waals surface area contributed by atoms with Crippen molar-refractivity contribution in [1.29, 1.82) is 0 Å². The molecule has 5 aromatic rings.